The van der Waals surface area contributed by atoms with E-state index in [-0.39, 0.29) is 0 Å². The fourth-order valence-electron chi connectivity index (χ4n) is 2.99. The fourth-order valence-corrected chi connectivity index (χ4v) is 3.40. The predicted octanol–water partition coefficient (Wildman–Crippen LogP) is 4.15. The predicted molar refractivity (Wildman–Crippen MR) is 96.8 cm³/mol. The summed E-state index contributed by atoms with van der Waals surface area (Å²) in [6.45, 7) is 4.06. The van der Waals surface area contributed by atoms with Gasteiger partial charge in [-0.15, -0.1) is 0 Å². The molecule has 22 heavy (non-hydrogen) atoms. The van der Waals surface area contributed by atoms with Gasteiger partial charge in [0.25, 0.3) is 0 Å². The van der Waals surface area contributed by atoms with Crippen LogP contribution >= 0.6 is 15.9 Å². The second kappa shape index (κ2) is 7.10. The van der Waals surface area contributed by atoms with Gasteiger partial charge < -0.3 is 5.32 Å². The molecule has 0 fully saturated rings. The van der Waals surface area contributed by atoms with Crippen molar-refractivity contribution in [1.82, 2.24) is 5.32 Å². The Morgan fingerprint density at radius 3 is 2.64 bits per heavy atom. The zero-order chi connectivity index (χ0) is 15.4. The average molecular weight is 357 g/mol. The highest BCUT2D eigenvalue weighted by molar-refractivity contribution is 9.10. The quantitative estimate of drug-likeness (QED) is 0.854. The van der Waals surface area contributed by atoms with Crippen molar-refractivity contribution in [3.63, 3.8) is 0 Å². The van der Waals surface area contributed by atoms with Crippen molar-refractivity contribution in [2.75, 3.05) is 13.1 Å². The van der Waals surface area contributed by atoms with Crippen molar-refractivity contribution < 1.29 is 0 Å². The second-order valence-electron chi connectivity index (χ2n) is 5.58. The molecule has 0 bridgehead atoms. The van der Waals surface area contributed by atoms with Crippen LogP contribution in [0.25, 0.3) is 0 Å². The first-order valence-electron chi connectivity index (χ1n) is 7.92. The Bertz CT molecular complexity index is 692. The van der Waals surface area contributed by atoms with E-state index in [9.17, 15) is 0 Å². The Kier molecular flexibility index (Phi) is 4.94. The van der Waals surface area contributed by atoms with Crippen LogP contribution in [0.2, 0.25) is 0 Å². The molecule has 1 heterocycles. The summed E-state index contributed by atoms with van der Waals surface area (Å²) >= 11 is 3.59. The standard InChI is InChI=1S/C19H21BrN2/c1-2-14-9-10-17(20)13-16(14)8-7-15-5-3-4-6-18(15)19-21-11-12-22-19/h3-6,9-10,13H,2,7-8,11-12H2,1H3,(H,21,22). The van der Waals surface area contributed by atoms with E-state index >= 15 is 0 Å². The zero-order valence-corrected chi connectivity index (χ0v) is 14.5. The molecule has 0 saturated carbocycles. The molecular formula is C19H21BrN2. The molecular weight excluding hydrogens is 336 g/mol. The number of amidine groups is 1. The molecule has 2 aromatic carbocycles. The first kappa shape index (κ1) is 15.3. The molecule has 2 nitrogen and oxygen atoms in total. The van der Waals surface area contributed by atoms with Crippen LogP contribution in [0.5, 0.6) is 0 Å². The third-order valence-electron chi connectivity index (χ3n) is 4.16. The number of halogens is 1. The lowest BCUT2D eigenvalue weighted by atomic mass is 9.96. The average Bonchev–Trinajstić information content (AvgIpc) is 3.07. The van der Waals surface area contributed by atoms with Gasteiger partial charge in [0.05, 0.1) is 6.54 Å². The Morgan fingerprint density at radius 2 is 1.86 bits per heavy atom. The SMILES string of the molecule is CCc1ccc(Br)cc1CCc1ccccc1C1=NCCN1. The molecule has 0 aromatic heterocycles. The molecule has 0 aliphatic carbocycles. The van der Waals surface area contributed by atoms with Crippen molar-refractivity contribution in [3.8, 4) is 0 Å². The molecule has 0 atom stereocenters. The normalized spacial score (nSPS) is 13.8. The lowest BCUT2D eigenvalue weighted by molar-refractivity contribution is 0.924. The van der Waals surface area contributed by atoms with Gasteiger partial charge in [-0.1, -0.05) is 53.2 Å². The van der Waals surface area contributed by atoms with E-state index in [1.165, 1.54) is 22.3 Å². The first-order chi connectivity index (χ1) is 10.8. The number of benzene rings is 2. The number of aliphatic imine (C=N–C) groups is 1. The highest BCUT2D eigenvalue weighted by atomic mass is 79.9. The van der Waals surface area contributed by atoms with E-state index in [2.05, 4.69) is 75.6 Å². The minimum absolute atomic E-state index is 0.884. The first-order valence-corrected chi connectivity index (χ1v) is 8.71. The number of rotatable bonds is 5. The summed E-state index contributed by atoms with van der Waals surface area (Å²) in [5.74, 6) is 1.06. The lowest BCUT2D eigenvalue weighted by Crippen LogP contribution is -2.21. The van der Waals surface area contributed by atoms with Gasteiger partial charge >= 0.3 is 0 Å². The van der Waals surface area contributed by atoms with Crippen molar-refractivity contribution in [1.29, 1.82) is 0 Å². The second-order valence-corrected chi connectivity index (χ2v) is 6.50. The molecule has 2 aromatic rings. The summed E-state index contributed by atoms with van der Waals surface area (Å²) in [5, 5.41) is 3.39. The molecule has 0 amide bonds. The molecule has 114 valence electrons. The van der Waals surface area contributed by atoms with Crippen LogP contribution < -0.4 is 5.32 Å². The highest BCUT2D eigenvalue weighted by Gasteiger charge is 2.12. The van der Waals surface area contributed by atoms with E-state index in [1.54, 1.807) is 0 Å². The molecule has 1 aliphatic heterocycles. The zero-order valence-electron chi connectivity index (χ0n) is 12.9. The van der Waals surface area contributed by atoms with Gasteiger partial charge in [-0.05, 0) is 48.1 Å². The van der Waals surface area contributed by atoms with Gasteiger partial charge in [-0.25, -0.2) is 0 Å². The Balaban J connectivity index is 1.81. The molecule has 1 N–H and O–H groups in total. The molecule has 3 rings (SSSR count). The van der Waals surface area contributed by atoms with Gasteiger partial charge in [0.2, 0.25) is 0 Å². The maximum absolute atomic E-state index is 4.57. The van der Waals surface area contributed by atoms with Crippen molar-refractivity contribution in [2.45, 2.75) is 26.2 Å². The van der Waals surface area contributed by atoms with Crippen LogP contribution in [0.4, 0.5) is 0 Å². The van der Waals surface area contributed by atoms with Gasteiger partial charge in [0.1, 0.15) is 5.84 Å². The number of nitrogens with zero attached hydrogens (tertiary/aromatic N) is 1. The maximum Gasteiger partial charge on any atom is 0.128 e. The summed E-state index contributed by atoms with van der Waals surface area (Å²) < 4.78 is 1.16. The molecule has 0 radical (unpaired) electrons. The van der Waals surface area contributed by atoms with Gasteiger partial charge in [-0.2, -0.15) is 0 Å². The van der Waals surface area contributed by atoms with Gasteiger partial charge in [-0.3, -0.25) is 4.99 Å². The Labute approximate surface area is 140 Å². The third kappa shape index (κ3) is 3.41. The summed E-state index contributed by atoms with van der Waals surface area (Å²) in [6.07, 6.45) is 3.19. The van der Waals surface area contributed by atoms with E-state index in [0.717, 1.165) is 42.7 Å². The van der Waals surface area contributed by atoms with Crippen molar-refractivity contribution in [2.24, 2.45) is 4.99 Å². The van der Waals surface area contributed by atoms with E-state index in [4.69, 9.17) is 0 Å². The van der Waals surface area contributed by atoms with E-state index in [1.807, 2.05) is 0 Å². The largest absolute Gasteiger partial charge is 0.368 e. The Morgan fingerprint density at radius 1 is 1.05 bits per heavy atom. The molecule has 0 unspecified atom stereocenters. The van der Waals surface area contributed by atoms with Crippen LogP contribution in [0, 0.1) is 0 Å². The Hall–Kier alpha value is -1.61. The molecule has 0 spiro atoms. The van der Waals surface area contributed by atoms with Gasteiger partial charge in [0.15, 0.2) is 0 Å². The third-order valence-corrected chi connectivity index (χ3v) is 4.65. The number of hydrogen-bond acceptors (Lipinski definition) is 2. The van der Waals surface area contributed by atoms with Crippen molar-refractivity contribution in [3.05, 3.63) is 69.2 Å². The summed E-state index contributed by atoms with van der Waals surface area (Å²) in [6, 6.07) is 15.2. The fraction of sp³-hybridized carbons (Fsp3) is 0.316. The van der Waals surface area contributed by atoms with Crippen LogP contribution in [0.1, 0.15) is 29.2 Å². The molecule has 1 aliphatic rings. The molecule has 0 saturated heterocycles. The lowest BCUT2D eigenvalue weighted by Gasteiger charge is -2.12. The minimum atomic E-state index is 0.884. The van der Waals surface area contributed by atoms with E-state index in [0.29, 0.717) is 0 Å². The highest BCUT2D eigenvalue weighted by Crippen LogP contribution is 2.20. The number of nitrogens with one attached hydrogen (secondary N) is 1. The van der Waals surface area contributed by atoms with Crippen LogP contribution in [0.15, 0.2) is 51.9 Å². The number of aryl methyl sites for hydroxylation is 3. The van der Waals surface area contributed by atoms with Crippen LogP contribution in [0.3, 0.4) is 0 Å². The smallest absolute Gasteiger partial charge is 0.128 e. The van der Waals surface area contributed by atoms with Crippen LogP contribution in [-0.2, 0) is 19.3 Å². The van der Waals surface area contributed by atoms with Crippen molar-refractivity contribution >= 4 is 21.8 Å². The van der Waals surface area contributed by atoms with Crippen LogP contribution in [-0.4, -0.2) is 18.9 Å². The summed E-state index contributed by atoms with van der Waals surface area (Å²) in [7, 11) is 0. The summed E-state index contributed by atoms with van der Waals surface area (Å²) in [4.78, 5) is 4.57. The molecule has 3 heteroatoms. The monoisotopic (exact) mass is 356 g/mol. The van der Waals surface area contributed by atoms with E-state index < -0.39 is 0 Å². The maximum atomic E-state index is 4.57. The number of hydrogen-bond donors (Lipinski definition) is 1. The van der Waals surface area contributed by atoms with Gasteiger partial charge in [0, 0.05) is 16.6 Å². The minimum Gasteiger partial charge on any atom is -0.368 e. The topological polar surface area (TPSA) is 24.4 Å². The summed E-state index contributed by atoms with van der Waals surface area (Å²) in [5.41, 5.74) is 5.51.